The van der Waals surface area contributed by atoms with E-state index in [-0.39, 0.29) is 12.2 Å². The molecule has 4 nitrogen and oxygen atoms in total. The number of carbonyl (C=O) groups excluding carboxylic acids is 1. The van der Waals surface area contributed by atoms with E-state index in [4.69, 9.17) is 16.7 Å². The molecule has 0 spiro atoms. The number of aliphatic carboxylic acids is 1. The lowest BCUT2D eigenvalue weighted by Crippen LogP contribution is -2.25. The number of carbonyl (C=O) groups is 2. The summed E-state index contributed by atoms with van der Waals surface area (Å²) < 4.78 is 0. The van der Waals surface area contributed by atoms with Gasteiger partial charge in [0, 0.05) is 40.0 Å². The first kappa shape index (κ1) is 11.3. The minimum absolute atomic E-state index is 0.0674. The molecule has 92 valence electrons. The molecule has 1 atom stereocenters. The normalized spacial score (nSPS) is 18.9. The smallest absolute Gasteiger partial charge is 0.307 e. The van der Waals surface area contributed by atoms with E-state index in [1.165, 1.54) is 0 Å². The van der Waals surface area contributed by atoms with Crippen LogP contribution in [-0.4, -0.2) is 21.8 Å². The van der Waals surface area contributed by atoms with Gasteiger partial charge in [0.2, 0.25) is 0 Å². The molecule has 0 aliphatic heterocycles. The molecule has 0 amide bonds. The average molecular weight is 264 g/mol. The number of nitrogens with one attached hydrogen (secondary N) is 1. The highest BCUT2D eigenvalue weighted by molar-refractivity contribution is 6.31. The number of halogens is 1. The van der Waals surface area contributed by atoms with E-state index in [0.717, 1.165) is 10.9 Å². The van der Waals surface area contributed by atoms with Crippen molar-refractivity contribution in [2.45, 2.75) is 12.8 Å². The highest BCUT2D eigenvalue weighted by Gasteiger charge is 2.32. The SMILES string of the molecule is O=C1CC(C(=O)O)Cc2[nH]c3cc(Cl)ccc3c21. The molecule has 1 aliphatic rings. The zero-order valence-corrected chi connectivity index (χ0v) is 10.1. The number of rotatable bonds is 1. The summed E-state index contributed by atoms with van der Waals surface area (Å²) in [6.45, 7) is 0. The van der Waals surface area contributed by atoms with Crippen LogP contribution in [0.15, 0.2) is 18.2 Å². The molecular weight excluding hydrogens is 254 g/mol. The van der Waals surface area contributed by atoms with E-state index in [9.17, 15) is 9.59 Å². The molecule has 1 heterocycles. The molecule has 2 aromatic rings. The van der Waals surface area contributed by atoms with Gasteiger partial charge in [0.1, 0.15) is 0 Å². The highest BCUT2D eigenvalue weighted by atomic mass is 35.5. The number of ketones is 1. The van der Waals surface area contributed by atoms with Gasteiger partial charge in [-0.3, -0.25) is 9.59 Å². The topological polar surface area (TPSA) is 70.2 Å². The first-order valence-corrected chi connectivity index (χ1v) is 6.00. The second kappa shape index (κ2) is 3.85. The van der Waals surface area contributed by atoms with Crippen LogP contribution in [0.2, 0.25) is 5.02 Å². The summed E-state index contributed by atoms with van der Waals surface area (Å²) in [7, 11) is 0. The summed E-state index contributed by atoms with van der Waals surface area (Å²) in [5.41, 5.74) is 2.11. The fraction of sp³-hybridized carbons (Fsp3) is 0.231. The van der Waals surface area contributed by atoms with Crippen molar-refractivity contribution in [3.8, 4) is 0 Å². The number of aromatic amines is 1. The lowest BCUT2D eigenvalue weighted by atomic mass is 9.86. The Morgan fingerprint density at radius 2 is 2.17 bits per heavy atom. The zero-order chi connectivity index (χ0) is 12.9. The molecule has 0 fully saturated rings. The number of Topliss-reactive ketones (excluding diaryl/α,β-unsaturated/α-hetero) is 1. The van der Waals surface area contributed by atoms with Gasteiger partial charge in [-0.2, -0.15) is 0 Å². The lowest BCUT2D eigenvalue weighted by Gasteiger charge is -2.17. The summed E-state index contributed by atoms with van der Waals surface area (Å²) >= 11 is 5.90. The maximum Gasteiger partial charge on any atom is 0.307 e. The number of fused-ring (bicyclic) bond motifs is 3. The monoisotopic (exact) mass is 263 g/mol. The number of carboxylic acid groups (broad SMARTS) is 1. The van der Waals surface area contributed by atoms with Crippen molar-refractivity contribution in [1.82, 2.24) is 4.98 Å². The molecule has 1 unspecified atom stereocenters. The number of H-pyrrole nitrogens is 1. The fourth-order valence-corrected chi connectivity index (χ4v) is 2.69. The Bertz CT molecular complexity index is 674. The molecule has 2 N–H and O–H groups in total. The quantitative estimate of drug-likeness (QED) is 0.831. The van der Waals surface area contributed by atoms with Crippen LogP contribution in [0, 0.1) is 5.92 Å². The van der Waals surface area contributed by atoms with E-state index in [0.29, 0.717) is 22.7 Å². The Morgan fingerprint density at radius 1 is 1.39 bits per heavy atom. The van der Waals surface area contributed by atoms with Crippen LogP contribution in [0.4, 0.5) is 0 Å². The standard InChI is InChI=1S/C13H10ClNO3/c14-7-1-2-8-9(5-7)15-10-3-6(13(17)18)4-11(16)12(8)10/h1-2,5-6,15H,3-4H2,(H,17,18). The minimum Gasteiger partial charge on any atom is -0.481 e. The van der Waals surface area contributed by atoms with Crippen LogP contribution in [0.5, 0.6) is 0 Å². The summed E-state index contributed by atoms with van der Waals surface area (Å²) in [5.74, 6) is -1.67. The fourth-order valence-electron chi connectivity index (χ4n) is 2.52. The molecule has 18 heavy (non-hydrogen) atoms. The largest absolute Gasteiger partial charge is 0.481 e. The van der Waals surface area contributed by atoms with Crippen molar-refractivity contribution >= 4 is 34.3 Å². The third-order valence-electron chi connectivity index (χ3n) is 3.35. The van der Waals surface area contributed by atoms with E-state index < -0.39 is 11.9 Å². The van der Waals surface area contributed by atoms with E-state index in [1.807, 2.05) is 0 Å². The first-order chi connectivity index (χ1) is 8.56. The first-order valence-electron chi connectivity index (χ1n) is 5.62. The number of aromatic nitrogens is 1. The number of hydrogen-bond acceptors (Lipinski definition) is 2. The van der Waals surface area contributed by atoms with Gasteiger partial charge in [-0.05, 0) is 12.1 Å². The predicted molar refractivity (Wildman–Crippen MR) is 67.1 cm³/mol. The van der Waals surface area contributed by atoms with E-state index >= 15 is 0 Å². The minimum atomic E-state index is -0.925. The molecule has 5 heteroatoms. The molecule has 1 aromatic carbocycles. The van der Waals surface area contributed by atoms with Gasteiger partial charge in [-0.15, -0.1) is 0 Å². The number of carboxylic acids is 1. The van der Waals surface area contributed by atoms with Gasteiger partial charge in [0.15, 0.2) is 5.78 Å². The number of hydrogen-bond donors (Lipinski definition) is 2. The Morgan fingerprint density at radius 3 is 2.89 bits per heavy atom. The van der Waals surface area contributed by atoms with E-state index in [2.05, 4.69) is 4.98 Å². The van der Waals surface area contributed by atoms with Gasteiger partial charge < -0.3 is 10.1 Å². The van der Waals surface area contributed by atoms with Gasteiger partial charge >= 0.3 is 5.97 Å². The van der Waals surface area contributed by atoms with Gasteiger partial charge in [0.05, 0.1) is 5.92 Å². The van der Waals surface area contributed by atoms with Crippen LogP contribution >= 0.6 is 11.6 Å². The molecule has 1 aromatic heterocycles. The van der Waals surface area contributed by atoms with Crippen LogP contribution < -0.4 is 0 Å². The Balaban J connectivity index is 2.19. The highest BCUT2D eigenvalue weighted by Crippen LogP contribution is 2.32. The second-order valence-electron chi connectivity index (χ2n) is 4.54. The van der Waals surface area contributed by atoms with Crippen LogP contribution in [0.25, 0.3) is 10.9 Å². The van der Waals surface area contributed by atoms with Crippen molar-refractivity contribution in [2.75, 3.05) is 0 Å². The number of benzene rings is 1. The molecule has 0 saturated carbocycles. The Hall–Kier alpha value is -1.81. The van der Waals surface area contributed by atoms with Crippen LogP contribution in [0.1, 0.15) is 22.5 Å². The van der Waals surface area contributed by atoms with Gasteiger partial charge in [0.25, 0.3) is 0 Å². The summed E-state index contributed by atoms with van der Waals surface area (Å²) in [4.78, 5) is 26.1. The Labute approximate surface area is 108 Å². The molecule has 1 aliphatic carbocycles. The molecule has 0 bridgehead atoms. The summed E-state index contributed by atoms with van der Waals surface area (Å²) in [6, 6.07) is 5.28. The van der Waals surface area contributed by atoms with Crippen molar-refractivity contribution in [1.29, 1.82) is 0 Å². The van der Waals surface area contributed by atoms with Gasteiger partial charge in [-0.25, -0.2) is 0 Å². The summed E-state index contributed by atoms with van der Waals surface area (Å²) in [5, 5.41) is 10.4. The van der Waals surface area contributed by atoms with Crippen molar-refractivity contribution in [3.63, 3.8) is 0 Å². The second-order valence-corrected chi connectivity index (χ2v) is 4.97. The molecular formula is C13H10ClNO3. The molecule has 0 radical (unpaired) electrons. The van der Waals surface area contributed by atoms with Crippen molar-refractivity contribution < 1.29 is 14.7 Å². The van der Waals surface area contributed by atoms with Crippen molar-refractivity contribution in [3.05, 3.63) is 34.5 Å². The zero-order valence-electron chi connectivity index (χ0n) is 9.37. The predicted octanol–water partition coefficient (Wildman–Crippen LogP) is 2.65. The Kier molecular flexibility index (Phi) is 2.41. The third-order valence-corrected chi connectivity index (χ3v) is 3.58. The maximum absolute atomic E-state index is 12.0. The molecule has 0 saturated heterocycles. The van der Waals surface area contributed by atoms with E-state index in [1.54, 1.807) is 18.2 Å². The third kappa shape index (κ3) is 1.61. The van der Waals surface area contributed by atoms with Crippen molar-refractivity contribution in [2.24, 2.45) is 5.92 Å². The average Bonchev–Trinajstić information content (AvgIpc) is 2.66. The van der Waals surface area contributed by atoms with Crippen LogP contribution in [0.3, 0.4) is 0 Å². The van der Waals surface area contributed by atoms with Gasteiger partial charge in [-0.1, -0.05) is 17.7 Å². The maximum atomic E-state index is 12.0. The summed E-state index contributed by atoms with van der Waals surface area (Å²) in [6.07, 6.45) is 0.431. The van der Waals surface area contributed by atoms with Crippen LogP contribution in [-0.2, 0) is 11.2 Å². The molecule has 3 rings (SSSR count). The lowest BCUT2D eigenvalue weighted by molar-refractivity contribution is -0.141.